The Morgan fingerprint density at radius 1 is 0.938 bits per heavy atom. The molecule has 0 amide bonds. The van der Waals surface area contributed by atoms with Gasteiger partial charge in [0.2, 0.25) is 0 Å². The second-order valence-corrected chi connectivity index (χ2v) is 4.01. The van der Waals surface area contributed by atoms with Gasteiger partial charge in [0.1, 0.15) is 0 Å². The molecule has 2 nitrogen and oxygen atoms in total. The fraction of sp³-hybridized carbons (Fsp3) is 0.286. The van der Waals surface area contributed by atoms with Crippen LogP contribution in [0, 0.1) is 6.92 Å². The summed E-state index contributed by atoms with van der Waals surface area (Å²) in [5.41, 5.74) is 4.40. The third kappa shape index (κ3) is 2.45. The van der Waals surface area contributed by atoms with Gasteiger partial charge in [0.15, 0.2) is 0 Å². The van der Waals surface area contributed by atoms with Crippen molar-refractivity contribution in [2.24, 2.45) is 0 Å². The molecular formula is C14H16N2. The van der Waals surface area contributed by atoms with Gasteiger partial charge in [-0.1, -0.05) is 37.6 Å². The summed E-state index contributed by atoms with van der Waals surface area (Å²) in [6.45, 7) is 4.14. The SMILES string of the molecule is CCCc1ccc(-c2ccc(C)nn2)cc1. The van der Waals surface area contributed by atoms with Crippen LogP contribution in [0.5, 0.6) is 0 Å². The minimum absolute atomic E-state index is 0.939. The summed E-state index contributed by atoms with van der Waals surface area (Å²) >= 11 is 0. The molecular weight excluding hydrogens is 196 g/mol. The number of benzene rings is 1. The molecule has 1 heterocycles. The molecule has 2 rings (SSSR count). The maximum absolute atomic E-state index is 4.17. The predicted molar refractivity (Wildman–Crippen MR) is 66.2 cm³/mol. The van der Waals surface area contributed by atoms with Crippen molar-refractivity contribution in [2.75, 3.05) is 0 Å². The normalized spacial score (nSPS) is 10.4. The van der Waals surface area contributed by atoms with E-state index in [0.717, 1.165) is 23.4 Å². The molecule has 0 saturated carbocycles. The number of hydrogen-bond acceptors (Lipinski definition) is 2. The standard InChI is InChI=1S/C14H16N2/c1-3-4-12-6-8-13(9-7-12)14-10-5-11(2)15-16-14/h5-10H,3-4H2,1-2H3. The van der Waals surface area contributed by atoms with Crippen molar-refractivity contribution < 1.29 is 0 Å². The van der Waals surface area contributed by atoms with E-state index in [1.807, 2.05) is 19.1 Å². The van der Waals surface area contributed by atoms with Crippen LogP contribution in [0.25, 0.3) is 11.3 Å². The molecule has 2 heteroatoms. The van der Waals surface area contributed by atoms with Crippen LogP contribution in [-0.2, 0) is 6.42 Å². The molecule has 0 aliphatic carbocycles. The van der Waals surface area contributed by atoms with E-state index in [1.54, 1.807) is 0 Å². The third-order valence-electron chi connectivity index (χ3n) is 2.59. The number of nitrogens with zero attached hydrogens (tertiary/aromatic N) is 2. The molecule has 1 aromatic heterocycles. The monoisotopic (exact) mass is 212 g/mol. The van der Waals surface area contributed by atoms with Crippen LogP contribution >= 0.6 is 0 Å². The van der Waals surface area contributed by atoms with Crippen LogP contribution in [0.2, 0.25) is 0 Å². The van der Waals surface area contributed by atoms with Gasteiger partial charge in [0, 0.05) is 5.56 Å². The zero-order chi connectivity index (χ0) is 11.4. The van der Waals surface area contributed by atoms with Crippen molar-refractivity contribution >= 4 is 0 Å². The van der Waals surface area contributed by atoms with Crippen molar-refractivity contribution in [2.45, 2.75) is 26.7 Å². The fourth-order valence-corrected chi connectivity index (χ4v) is 1.68. The van der Waals surface area contributed by atoms with Crippen molar-refractivity contribution in [3.05, 3.63) is 47.7 Å². The predicted octanol–water partition coefficient (Wildman–Crippen LogP) is 3.40. The molecule has 16 heavy (non-hydrogen) atoms. The van der Waals surface area contributed by atoms with Gasteiger partial charge in [0.05, 0.1) is 11.4 Å². The lowest BCUT2D eigenvalue weighted by molar-refractivity contribution is 0.921. The smallest absolute Gasteiger partial charge is 0.0929 e. The molecule has 0 radical (unpaired) electrons. The Bertz CT molecular complexity index is 443. The van der Waals surface area contributed by atoms with Gasteiger partial charge in [-0.25, -0.2) is 0 Å². The Morgan fingerprint density at radius 3 is 2.25 bits per heavy atom. The maximum Gasteiger partial charge on any atom is 0.0929 e. The average molecular weight is 212 g/mol. The van der Waals surface area contributed by atoms with E-state index in [9.17, 15) is 0 Å². The molecule has 0 atom stereocenters. The van der Waals surface area contributed by atoms with Gasteiger partial charge in [-0.3, -0.25) is 0 Å². The summed E-state index contributed by atoms with van der Waals surface area (Å²) in [7, 11) is 0. The number of rotatable bonds is 3. The van der Waals surface area contributed by atoms with Gasteiger partial charge in [-0.2, -0.15) is 10.2 Å². The second kappa shape index (κ2) is 4.88. The van der Waals surface area contributed by atoms with Crippen LogP contribution in [0.4, 0.5) is 0 Å². The van der Waals surface area contributed by atoms with Crippen LogP contribution in [0.1, 0.15) is 24.6 Å². The van der Waals surface area contributed by atoms with E-state index in [-0.39, 0.29) is 0 Å². The Kier molecular flexibility index (Phi) is 3.30. The largest absolute Gasteiger partial charge is 0.155 e. The first-order valence-corrected chi connectivity index (χ1v) is 5.69. The first-order chi connectivity index (χ1) is 7.79. The maximum atomic E-state index is 4.17. The van der Waals surface area contributed by atoms with Gasteiger partial charge in [0.25, 0.3) is 0 Å². The average Bonchev–Trinajstić information content (AvgIpc) is 2.32. The first-order valence-electron chi connectivity index (χ1n) is 5.69. The van der Waals surface area contributed by atoms with E-state index < -0.39 is 0 Å². The summed E-state index contributed by atoms with van der Waals surface area (Å²) < 4.78 is 0. The molecule has 82 valence electrons. The van der Waals surface area contributed by atoms with Crippen LogP contribution in [0.3, 0.4) is 0 Å². The summed E-state index contributed by atoms with van der Waals surface area (Å²) in [5, 5.41) is 8.24. The summed E-state index contributed by atoms with van der Waals surface area (Å²) in [6, 6.07) is 12.6. The van der Waals surface area contributed by atoms with Crippen LogP contribution < -0.4 is 0 Å². The van der Waals surface area contributed by atoms with Crippen molar-refractivity contribution in [3.63, 3.8) is 0 Å². The minimum atomic E-state index is 0.939. The van der Waals surface area contributed by atoms with Gasteiger partial charge < -0.3 is 0 Å². The zero-order valence-corrected chi connectivity index (χ0v) is 9.77. The molecule has 0 saturated heterocycles. The van der Waals surface area contributed by atoms with Crippen LogP contribution in [0.15, 0.2) is 36.4 Å². The number of hydrogen-bond donors (Lipinski definition) is 0. The molecule has 0 bridgehead atoms. The number of aromatic nitrogens is 2. The Hall–Kier alpha value is -1.70. The molecule has 0 unspecified atom stereocenters. The Labute approximate surface area is 96.4 Å². The van der Waals surface area contributed by atoms with E-state index in [1.165, 1.54) is 12.0 Å². The van der Waals surface area contributed by atoms with Crippen molar-refractivity contribution in [1.29, 1.82) is 0 Å². The van der Waals surface area contributed by atoms with E-state index in [4.69, 9.17) is 0 Å². The molecule has 0 aliphatic rings. The van der Waals surface area contributed by atoms with Crippen molar-refractivity contribution in [1.82, 2.24) is 10.2 Å². The highest BCUT2D eigenvalue weighted by molar-refractivity contribution is 5.58. The minimum Gasteiger partial charge on any atom is -0.155 e. The van der Waals surface area contributed by atoms with Crippen LogP contribution in [-0.4, -0.2) is 10.2 Å². The highest BCUT2D eigenvalue weighted by Gasteiger charge is 1.99. The summed E-state index contributed by atoms with van der Waals surface area (Å²) in [4.78, 5) is 0. The van der Waals surface area contributed by atoms with Gasteiger partial charge in [-0.15, -0.1) is 0 Å². The lowest BCUT2D eigenvalue weighted by atomic mass is 10.1. The number of aryl methyl sites for hydroxylation is 2. The molecule has 2 aromatic rings. The zero-order valence-electron chi connectivity index (χ0n) is 9.77. The molecule has 0 aliphatic heterocycles. The Morgan fingerprint density at radius 2 is 1.69 bits per heavy atom. The molecule has 0 spiro atoms. The lowest BCUT2D eigenvalue weighted by Crippen LogP contribution is -1.90. The second-order valence-electron chi connectivity index (χ2n) is 4.01. The highest BCUT2D eigenvalue weighted by atomic mass is 15.1. The third-order valence-corrected chi connectivity index (χ3v) is 2.59. The Balaban J connectivity index is 2.24. The van der Waals surface area contributed by atoms with Crippen molar-refractivity contribution in [3.8, 4) is 11.3 Å². The summed E-state index contributed by atoms with van der Waals surface area (Å²) in [5.74, 6) is 0. The highest BCUT2D eigenvalue weighted by Crippen LogP contribution is 2.17. The quantitative estimate of drug-likeness (QED) is 0.779. The molecule has 1 aromatic carbocycles. The summed E-state index contributed by atoms with van der Waals surface area (Å²) in [6.07, 6.45) is 2.32. The van der Waals surface area contributed by atoms with E-state index in [0.29, 0.717) is 0 Å². The topological polar surface area (TPSA) is 25.8 Å². The fourth-order valence-electron chi connectivity index (χ4n) is 1.68. The first kappa shape index (κ1) is 10.8. The van der Waals surface area contributed by atoms with E-state index in [2.05, 4.69) is 41.4 Å². The molecule has 0 N–H and O–H groups in total. The van der Waals surface area contributed by atoms with Gasteiger partial charge >= 0.3 is 0 Å². The van der Waals surface area contributed by atoms with Gasteiger partial charge in [-0.05, 0) is 31.0 Å². The lowest BCUT2D eigenvalue weighted by Gasteiger charge is -2.02. The van der Waals surface area contributed by atoms with E-state index >= 15 is 0 Å². The molecule has 0 fully saturated rings.